The zero-order valence-corrected chi connectivity index (χ0v) is 10.7. The standard InChI is InChI=1S/C14H23NO2/c1-2-3-4-5-6-7-10-14(16)15-12-13-9-8-11-17-13/h5-7,10,13H,2-4,8-9,11-12H2,1H3,(H,15,16)/b6-5+,10-7+. The number of hydrogen-bond donors (Lipinski definition) is 1. The predicted octanol–water partition coefficient (Wildman–Crippen LogP) is 2.58. The van der Waals surface area contributed by atoms with Gasteiger partial charge >= 0.3 is 0 Å². The fraction of sp³-hybridized carbons (Fsp3) is 0.643. The zero-order chi connectivity index (χ0) is 12.3. The van der Waals surface area contributed by atoms with Crippen LogP contribution in [0.3, 0.4) is 0 Å². The molecule has 0 aromatic rings. The second-order valence-electron chi connectivity index (χ2n) is 4.31. The molecular formula is C14H23NO2. The summed E-state index contributed by atoms with van der Waals surface area (Å²) in [5, 5.41) is 2.84. The van der Waals surface area contributed by atoms with Crippen molar-refractivity contribution in [2.45, 2.75) is 45.1 Å². The van der Waals surface area contributed by atoms with Crippen molar-refractivity contribution in [3.8, 4) is 0 Å². The molecule has 3 heteroatoms. The molecule has 3 nitrogen and oxygen atoms in total. The second kappa shape index (κ2) is 8.99. The number of nitrogens with one attached hydrogen (secondary N) is 1. The van der Waals surface area contributed by atoms with Crippen LogP contribution in [-0.4, -0.2) is 25.2 Å². The van der Waals surface area contributed by atoms with Crippen LogP contribution in [0, 0.1) is 0 Å². The average Bonchev–Trinajstić information content (AvgIpc) is 2.84. The van der Waals surface area contributed by atoms with Crippen molar-refractivity contribution < 1.29 is 9.53 Å². The lowest BCUT2D eigenvalue weighted by molar-refractivity contribution is -0.117. The van der Waals surface area contributed by atoms with Gasteiger partial charge in [0.25, 0.3) is 0 Å². The van der Waals surface area contributed by atoms with E-state index in [1.54, 1.807) is 12.2 Å². The van der Waals surface area contributed by atoms with Gasteiger partial charge in [0.2, 0.25) is 5.91 Å². The smallest absolute Gasteiger partial charge is 0.244 e. The van der Waals surface area contributed by atoms with Crippen molar-refractivity contribution in [1.29, 1.82) is 0 Å². The summed E-state index contributed by atoms with van der Waals surface area (Å²) in [4.78, 5) is 11.4. The van der Waals surface area contributed by atoms with E-state index in [4.69, 9.17) is 4.74 Å². The van der Waals surface area contributed by atoms with E-state index in [-0.39, 0.29) is 12.0 Å². The maximum atomic E-state index is 11.4. The second-order valence-corrected chi connectivity index (χ2v) is 4.31. The molecule has 0 saturated carbocycles. The fourth-order valence-electron chi connectivity index (χ4n) is 1.72. The molecule has 1 saturated heterocycles. The molecule has 1 atom stereocenters. The maximum Gasteiger partial charge on any atom is 0.244 e. The molecule has 0 aromatic heterocycles. The molecule has 1 fully saturated rings. The van der Waals surface area contributed by atoms with Crippen LogP contribution in [0.4, 0.5) is 0 Å². The van der Waals surface area contributed by atoms with Gasteiger partial charge in [-0.1, -0.05) is 38.0 Å². The minimum atomic E-state index is -0.0411. The summed E-state index contributed by atoms with van der Waals surface area (Å²) in [6.07, 6.45) is 13.3. The number of unbranched alkanes of at least 4 members (excludes halogenated alkanes) is 2. The van der Waals surface area contributed by atoms with E-state index in [1.807, 2.05) is 6.08 Å². The number of carbonyl (C=O) groups excluding carboxylic acids is 1. The van der Waals surface area contributed by atoms with Crippen LogP contribution in [0.25, 0.3) is 0 Å². The number of allylic oxidation sites excluding steroid dienone is 3. The zero-order valence-electron chi connectivity index (χ0n) is 10.7. The summed E-state index contributed by atoms with van der Waals surface area (Å²) in [6.45, 7) is 3.63. The highest BCUT2D eigenvalue weighted by atomic mass is 16.5. The van der Waals surface area contributed by atoms with Crippen molar-refractivity contribution >= 4 is 5.91 Å². The van der Waals surface area contributed by atoms with Gasteiger partial charge in [0, 0.05) is 19.2 Å². The first-order valence-corrected chi connectivity index (χ1v) is 6.55. The highest BCUT2D eigenvalue weighted by Gasteiger charge is 2.15. The minimum Gasteiger partial charge on any atom is -0.376 e. The molecule has 1 N–H and O–H groups in total. The Morgan fingerprint density at radius 2 is 2.35 bits per heavy atom. The molecule has 1 amide bonds. The van der Waals surface area contributed by atoms with Gasteiger partial charge < -0.3 is 10.1 Å². The molecule has 1 aliphatic heterocycles. The topological polar surface area (TPSA) is 38.3 Å². The monoisotopic (exact) mass is 237 g/mol. The normalized spacial score (nSPS) is 20.4. The van der Waals surface area contributed by atoms with E-state index in [0.29, 0.717) is 6.54 Å². The summed E-state index contributed by atoms with van der Waals surface area (Å²) < 4.78 is 5.42. The lowest BCUT2D eigenvalue weighted by Crippen LogP contribution is -2.30. The van der Waals surface area contributed by atoms with Crippen molar-refractivity contribution in [3.05, 3.63) is 24.3 Å². The molecule has 96 valence electrons. The van der Waals surface area contributed by atoms with Gasteiger partial charge in [0.1, 0.15) is 0 Å². The average molecular weight is 237 g/mol. The molecule has 1 aliphatic rings. The Morgan fingerprint density at radius 3 is 3.06 bits per heavy atom. The highest BCUT2D eigenvalue weighted by molar-refractivity contribution is 5.87. The predicted molar refractivity (Wildman–Crippen MR) is 69.8 cm³/mol. The van der Waals surface area contributed by atoms with Gasteiger partial charge in [0.05, 0.1) is 6.10 Å². The van der Waals surface area contributed by atoms with Gasteiger partial charge in [-0.3, -0.25) is 4.79 Å². The van der Waals surface area contributed by atoms with Crippen LogP contribution in [-0.2, 0) is 9.53 Å². The maximum absolute atomic E-state index is 11.4. The van der Waals surface area contributed by atoms with Gasteiger partial charge in [-0.15, -0.1) is 0 Å². The molecule has 17 heavy (non-hydrogen) atoms. The number of amides is 1. The quantitative estimate of drug-likeness (QED) is 0.420. The van der Waals surface area contributed by atoms with Gasteiger partial charge in [-0.05, 0) is 19.3 Å². The van der Waals surface area contributed by atoms with E-state index in [2.05, 4.69) is 18.3 Å². The van der Waals surface area contributed by atoms with E-state index in [0.717, 1.165) is 25.9 Å². The summed E-state index contributed by atoms with van der Waals surface area (Å²) >= 11 is 0. The van der Waals surface area contributed by atoms with Crippen LogP contribution in [0.2, 0.25) is 0 Å². The van der Waals surface area contributed by atoms with Gasteiger partial charge in [-0.2, -0.15) is 0 Å². The Morgan fingerprint density at radius 1 is 1.47 bits per heavy atom. The minimum absolute atomic E-state index is 0.0411. The largest absolute Gasteiger partial charge is 0.376 e. The Balaban J connectivity index is 2.06. The lowest BCUT2D eigenvalue weighted by Gasteiger charge is -2.08. The van der Waals surface area contributed by atoms with Gasteiger partial charge in [0.15, 0.2) is 0 Å². The molecule has 1 unspecified atom stereocenters. The summed E-state index contributed by atoms with van der Waals surface area (Å²) in [7, 11) is 0. The molecule has 1 heterocycles. The first kappa shape index (κ1) is 14.0. The molecule has 0 radical (unpaired) electrons. The molecule has 0 aliphatic carbocycles. The first-order valence-electron chi connectivity index (χ1n) is 6.55. The van der Waals surface area contributed by atoms with Crippen molar-refractivity contribution in [1.82, 2.24) is 5.32 Å². The number of ether oxygens (including phenoxy) is 1. The fourth-order valence-corrected chi connectivity index (χ4v) is 1.72. The molecular weight excluding hydrogens is 214 g/mol. The summed E-state index contributed by atoms with van der Waals surface area (Å²) in [5.41, 5.74) is 0. The number of rotatable bonds is 7. The third-order valence-corrected chi connectivity index (χ3v) is 2.75. The third-order valence-electron chi connectivity index (χ3n) is 2.75. The molecule has 0 aromatic carbocycles. The Labute approximate surface area is 104 Å². The van der Waals surface area contributed by atoms with E-state index < -0.39 is 0 Å². The van der Waals surface area contributed by atoms with Crippen LogP contribution in [0.1, 0.15) is 39.0 Å². The van der Waals surface area contributed by atoms with Crippen molar-refractivity contribution in [2.75, 3.05) is 13.2 Å². The van der Waals surface area contributed by atoms with Crippen LogP contribution in [0.15, 0.2) is 24.3 Å². The van der Waals surface area contributed by atoms with E-state index >= 15 is 0 Å². The lowest BCUT2D eigenvalue weighted by atomic mass is 10.2. The van der Waals surface area contributed by atoms with Crippen LogP contribution < -0.4 is 5.32 Å². The van der Waals surface area contributed by atoms with Crippen molar-refractivity contribution in [2.24, 2.45) is 0 Å². The van der Waals surface area contributed by atoms with Crippen LogP contribution in [0.5, 0.6) is 0 Å². The Bertz CT molecular complexity index is 265. The summed E-state index contributed by atoms with van der Waals surface area (Å²) in [5.74, 6) is -0.0411. The van der Waals surface area contributed by atoms with E-state index in [9.17, 15) is 4.79 Å². The Hall–Kier alpha value is -1.09. The SMILES string of the molecule is CCCC/C=C/C=C/C(=O)NCC1CCCO1. The van der Waals surface area contributed by atoms with Crippen molar-refractivity contribution in [3.63, 3.8) is 0 Å². The molecule has 0 spiro atoms. The number of carbonyl (C=O) groups is 1. The summed E-state index contributed by atoms with van der Waals surface area (Å²) in [6, 6.07) is 0. The van der Waals surface area contributed by atoms with Gasteiger partial charge in [-0.25, -0.2) is 0 Å². The molecule has 1 rings (SSSR count). The number of hydrogen-bond acceptors (Lipinski definition) is 2. The highest BCUT2D eigenvalue weighted by Crippen LogP contribution is 2.10. The van der Waals surface area contributed by atoms with E-state index in [1.165, 1.54) is 12.8 Å². The Kier molecular flexibility index (Phi) is 7.39. The van der Waals surface area contributed by atoms with Crippen LogP contribution >= 0.6 is 0 Å². The third kappa shape index (κ3) is 6.95. The first-order chi connectivity index (χ1) is 8.33. The molecule has 0 bridgehead atoms.